The molecule has 19 heavy (non-hydrogen) atoms. The van der Waals surface area contributed by atoms with E-state index in [1.807, 2.05) is 36.1 Å². The van der Waals surface area contributed by atoms with Gasteiger partial charge in [-0.05, 0) is 28.1 Å². The molecule has 2 amide bonds. The van der Waals surface area contributed by atoms with Gasteiger partial charge < -0.3 is 9.80 Å². The molecule has 4 nitrogen and oxygen atoms in total. The zero-order valence-corrected chi connectivity index (χ0v) is 12.5. The average molecular weight is 325 g/mol. The molecule has 0 aliphatic carbocycles. The standard InChI is InChI=1S/C14H17BrN2O2/c1-2-13(18)16-7-9-17(10-8-16)14(19)11-5-3-4-6-12(11)15/h3-6H,2,7-10H2,1H3. The van der Waals surface area contributed by atoms with E-state index >= 15 is 0 Å². The van der Waals surface area contributed by atoms with Crippen molar-refractivity contribution < 1.29 is 9.59 Å². The van der Waals surface area contributed by atoms with Gasteiger partial charge in [-0.25, -0.2) is 0 Å². The van der Waals surface area contributed by atoms with Crippen LogP contribution in [0.1, 0.15) is 23.7 Å². The minimum Gasteiger partial charge on any atom is -0.339 e. The molecule has 0 N–H and O–H groups in total. The summed E-state index contributed by atoms with van der Waals surface area (Å²) < 4.78 is 0.812. The molecule has 1 saturated heterocycles. The second-order valence-electron chi connectivity index (χ2n) is 4.51. The fourth-order valence-corrected chi connectivity index (χ4v) is 2.64. The Hall–Kier alpha value is -1.36. The molecule has 102 valence electrons. The van der Waals surface area contributed by atoms with E-state index in [1.165, 1.54) is 0 Å². The van der Waals surface area contributed by atoms with Gasteiger partial charge in [0.2, 0.25) is 5.91 Å². The molecule has 0 bridgehead atoms. The third kappa shape index (κ3) is 3.15. The largest absolute Gasteiger partial charge is 0.339 e. The number of amides is 2. The lowest BCUT2D eigenvalue weighted by Crippen LogP contribution is -2.50. The van der Waals surface area contributed by atoms with E-state index in [2.05, 4.69) is 15.9 Å². The summed E-state index contributed by atoms with van der Waals surface area (Å²) >= 11 is 3.40. The molecule has 0 radical (unpaired) electrons. The van der Waals surface area contributed by atoms with Crippen LogP contribution in [0.5, 0.6) is 0 Å². The van der Waals surface area contributed by atoms with Crippen molar-refractivity contribution in [1.82, 2.24) is 9.80 Å². The number of carbonyl (C=O) groups excluding carboxylic acids is 2. The number of carbonyl (C=O) groups is 2. The number of piperazine rings is 1. The number of hydrogen-bond acceptors (Lipinski definition) is 2. The summed E-state index contributed by atoms with van der Waals surface area (Å²) in [6, 6.07) is 7.42. The summed E-state index contributed by atoms with van der Waals surface area (Å²) in [6.07, 6.45) is 0.526. The van der Waals surface area contributed by atoms with E-state index in [0.717, 1.165) is 4.47 Å². The maximum Gasteiger partial charge on any atom is 0.255 e. The monoisotopic (exact) mass is 324 g/mol. The highest BCUT2D eigenvalue weighted by Gasteiger charge is 2.24. The van der Waals surface area contributed by atoms with Gasteiger partial charge in [-0.3, -0.25) is 9.59 Å². The highest BCUT2D eigenvalue weighted by molar-refractivity contribution is 9.10. The molecule has 0 unspecified atom stereocenters. The third-order valence-corrected chi connectivity index (χ3v) is 4.02. The molecule has 1 heterocycles. The number of rotatable bonds is 2. The van der Waals surface area contributed by atoms with Crippen LogP contribution in [0.3, 0.4) is 0 Å². The maximum atomic E-state index is 12.4. The first-order valence-electron chi connectivity index (χ1n) is 6.45. The molecule has 0 saturated carbocycles. The zero-order chi connectivity index (χ0) is 13.8. The molecule has 2 rings (SSSR count). The Kier molecular flexibility index (Phi) is 4.58. The van der Waals surface area contributed by atoms with Crippen molar-refractivity contribution in [3.05, 3.63) is 34.3 Å². The van der Waals surface area contributed by atoms with E-state index in [-0.39, 0.29) is 11.8 Å². The van der Waals surface area contributed by atoms with Gasteiger partial charge >= 0.3 is 0 Å². The predicted molar refractivity (Wildman–Crippen MR) is 76.9 cm³/mol. The molecule has 0 atom stereocenters. The van der Waals surface area contributed by atoms with Crippen LogP contribution < -0.4 is 0 Å². The van der Waals surface area contributed by atoms with Gasteiger partial charge in [-0.2, -0.15) is 0 Å². The Morgan fingerprint density at radius 1 is 1.11 bits per heavy atom. The van der Waals surface area contributed by atoms with E-state index in [0.29, 0.717) is 38.2 Å². The summed E-state index contributed by atoms with van der Waals surface area (Å²) in [5.74, 6) is 0.184. The zero-order valence-electron chi connectivity index (χ0n) is 10.9. The van der Waals surface area contributed by atoms with Crippen LogP contribution in [0, 0.1) is 0 Å². The lowest BCUT2D eigenvalue weighted by atomic mass is 10.2. The van der Waals surface area contributed by atoms with Gasteiger partial charge in [-0.15, -0.1) is 0 Å². The molecule has 0 spiro atoms. The van der Waals surface area contributed by atoms with Gasteiger partial charge in [0.15, 0.2) is 0 Å². The van der Waals surface area contributed by atoms with Crippen LogP contribution in [0.15, 0.2) is 28.7 Å². The number of nitrogens with zero attached hydrogens (tertiary/aromatic N) is 2. The van der Waals surface area contributed by atoms with Gasteiger partial charge in [0.25, 0.3) is 5.91 Å². The van der Waals surface area contributed by atoms with E-state index in [4.69, 9.17) is 0 Å². The molecule has 1 aliphatic rings. The Bertz CT molecular complexity index is 482. The predicted octanol–water partition coefficient (Wildman–Crippen LogP) is 2.14. The smallest absolute Gasteiger partial charge is 0.255 e. The molecular formula is C14H17BrN2O2. The molecule has 5 heteroatoms. The average Bonchev–Trinajstić information content (AvgIpc) is 2.46. The molecule has 1 aliphatic heterocycles. The normalized spacial score (nSPS) is 15.5. The first-order valence-corrected chi connectivity index (χ1v) is 7.24. The van der Waals surface area contributed by atoms with Crippen molar-refractivity contribution in [2.45, 2.75) is 13.3 Å². The minimum absolute atomic E-state index is 0.0241. The van der Waals surface area contributed by atoms with Crippen molar-refractivity contribution >= 4 is 27.7 Å². The maximum absolute atomic E-state index is 12.4. The van der Waals surface area contributed by atoms with Crippen LogP contribution in [0.4, 0.5) is 0 Å². The quantitative estimate of drug-likeness (QED) is 0.836. The van der Waals surface area contributed by atoms with E-state index < -0.39 is 0 Å². The van der Waals surface area contributed by atoms with Crippen molar-refractivity contribution in [2.75, 3.05) is 26.2 Å². The van der Waals surface area contributed by atoms with Crippen LogP contribution in [-0.2, 0) is 4.79 Å². The Morgan fingerprint density at radius 3 is 2.26 bits per heavy atom. The summed E-state index contributed by atoms with van der Waals surface area (Å²) in [4.78, 5) is 27.6. The fourth-order valence-electron chi connectivity index (χ4n) is 2.19. The van der Waals surface area contributed by atoms with Crippen LogP contribution in [0.2, 0.25) is 0 Å². The highest BCUT2D eigenvalue weighted by Crippen LogP contribution is 2.18. The third-order valence-electron chi connectivity index (χ3n) is 3.33. The fraction of sp³-hybridized carbons (Fsp3) is 0.429. The first kappa shape index (κ1) is 14.1. The number of hydrogen-bond donors (Lipinski definition) is 0. The molecule has 1 fully saturated rings. The Balaban J connectivity index is 2.00. The van der Waals surface area contributed by atoms with Gasteiger partial charge in [0.05, 0.1) is 5.56 Å². The second kappa shape index (κ2) is 6.19. The SMILES string of the molecule is CCC(=O)N1CCN(C(=O)c2ccccc2Br)CC1. The summed E-state index contributed by atoms with van der Waals surface area (Å²) in [5, 5.41) is 0. The van der Waals surface area contributed by atoms with Crippen LogP contribution >= 0.6 is 15.9 Å². The van der Waals surface area contributed by atoms with E-state index in [9.17, 15) is 9.59 Å². The van der Waals surface area contributed by atoms with E-state index in [1.54, 1.807) is 4.90 Å². The molecular weight excluding hydrogens is 308 g/mol. The van der Waals surface area contributed by atoms with Crippen LogP contribution in [-0.4, -0.2) is 47.8 Å². The van der Waals surface area contributed by atoms with Crippen molar-refractivity contribution in [2.24, 2.45) is 0 Å². The summed E-state index contributed by atoms with van der Waals surface area (Å²) in [7, 11) is 0. The topological polar surface area (TPSA) is 40.6 Å². The van der Waals surface area contributed by atoms with Crippen molar-refractivity contribution in [3.8, 4) is 0 Å². The number of benzene rings is 1. The molecule has 1 aromatic carbocycles. The van der Waals surface area contributed by atoms with Gasteiger partial charge in [0.1, 0.15) is 0 Å². The second-order valence-corrected chi connectivity index (χ2v) is 5.36. The van der Waals surface area contributed by atoms with Crippen molar-refractivity contribution in [1.29, 1.82) is 0 Å². The summed E-state index contributed by atoms with van der Waals surface area (Å²) in [6.45, 7) is 4.32. The van der Waals surface area contributed by atoms with Gasteiger partial charge in [0, 0.05) is 37.1 Å². The lowest BCUT2D eigenvalue weighted by Gasteiger charge is -2.34. The Morgan fingerprint density at radius 2 is 1.68 bits per heavy atom. The Labute approximate surface area is 121 Å². The minimum atomic E-state index is 0.0241. The van der Waals surface area contributed by atoms with Crippen molar-refractivity contribution in [3.63, 3.8) is 0 Å². The number of halogens is 1. The van der Waals surface area contributed by atoms with Crippen LogP contribution in [0.25, 0.3) is 0 Å². The molecule has 0 aromatic heterocycles. The first-order chi connectivity index (χ1) is 9.13. The lowest BCUT2D eigenvalue weighted by molar-refractivity contribution is -0.132. The summed E-state index contributed by atoms with van der Waals surface area (Å²) in [5.41, 5.74) is 0.678. The molecule has 1 aromatic rings. The highest BCUT2D eigenvalue weighted by atomic mass is 79.9. The van der Waals surface area contributed by atoms with Gasteiger partial charge in [-0.1, -0.05) is 19.1 Å².